The van der Waals surface area contributed by atoms with Gasteiger partial charge in [0.05, 0.1) is 7.11 Å². The third-order valence-corrected chi connectivity index (χ3v) is 3.28. The van der Waals surface area contributed by atoms with Gasteiger partial charge in [0.2, 0.25) is 0 Å². The van der Waals surface area contributed by atoms with Crippen LogP contribution in [0.25, 0.3) is 0 Å². The molecular formula is C16H17ClO2. The van der Waals surface area contributed by atoms with Gasteiger partial charge in [-0.25, -0.2) is 0 Å². The van der Waals surface area contributed by atoms with Crippen LogP contribution >= 0.6 is 11.6 Å². The topological polar surface area (TPSA) is 29.5 Å². The lowest BCUT2D eigenvalue weighted by Crippen LogP contribution is -2.03. The number of aliphatic hydroxyl groups excluding tert-OH is 1. The first kappa shape index (κ1) is 13.9. The van der Waals surface area contributed by atoms with Crippen LogP contribution in [0, 0.1) is 13.8 Å². The standard InChI is InChI=1S/C16H17ClO2/c1-10-6-11(2)8-12(7-10)16(18)14-5-4-13(17)9-15(14)19-3/h4-9,16,18H,1-3H3. The van der Waals surface area contributed by atoms with Crippen molar-refractivity contribution in [2.24, 2.45) is 0 Å². The van der Waals surface area contributed by atoms with E-state index in [4.69, 9.17) is 16.3 Å². The van der Waals surface area contributed by atoms with E-state index < -0.39 is 6.10 Å². The molecule has 0 aliphatic carbocycles. The Hall–Kier alpha value is -1.51. The summed E-state index contributed by atoms with van der Waals surface area (Å²) < 4.78 is 5.28. The van der Waals surface area contributed by atoms with E-state index in [2.05, 4.69) is 6.07 Å². The molecule has 0 fully saturated rings. The van der Waals surface area contributed by atoms with Crippen LogP contribution in [0.4, 0.5) is 0 Å². The van der Waals surface area contributed by atoms with Crippen LogP contribution in [0.3, 0.4) is 0 Å². The summed E-state index contributed by atoms with van der Waals surface area (Å²) >= 11 is 5.94. The van der Waals surface area contributed by atoms with Crippen LogP contribution in [0.15, 0.2) is 36.4 Å². The highest BCUT2D eigenvalue weighted by atomic mass is 35.5. The molecule has 0 aromatic heterocycles. The van der Waals surface area contributed by atoms with Gasteiger partial charge in [0.1, 0.15) is 11.9 Å². The summed E-state index contributed by atoms with van der Waals surface area (Å²) in [5, 5.41) is 11.1. The van der Waals surface area contributed by atoms with Gasteiger partial charge in [0, 0.05) is 10.6 Å². The molecule has 0 amide bonds. The number of hydrogen-bond acceptors (Lipinski definition) is 2. The predicted molar refractivity (Wildman–Crippen MR) is 78.0 cm³/mol. The summed E-state index contributed by atoms with van der Waals surface area (Å²) in [5.41, 5.74) is 3.83. The molecule has 19 heavy (non-hydrogen) atoms. The first-order chi connectivity index (χ1) is 9.01. The van der Waals surface area contributed by atoms with Gasteiger partial charge in [0.25, 0.3) is 0 Å². The van der Waals surface area contributed by atoms with Crippen molar-refractivity contribution >= 4 is 11.6 Å². The normalized spacial score (nSPS) is 12.3. The van der Waals surface area contributed by atoms with Crippen molar-refractivity contribution in [3.63, 3.8) is 0 Å². The largest absolute Gasteiger partial charge is 0.496 e. The molecule has 0 bridgehead atoms. The second kappa shape index (κ2) is 5.64. The molecule has 2 aromatic carbocycles. The summed E-state index contributed by atoms with van der Waals surface area (Å²) in [5.74, 6) is 0.596. The van der Waals surface area contributed by atoms with E-state index in [1.165, 1.54) is 0 Å². The number of aliphatic hydroxyl groups is 1. The summed E-state index contributed by atoms with van der Waals surface area (Å²) in [6.45, 7) is 4.03. The quantitative estimate of drug-likeness (QED) is 0.916. The number of rotatable bonds is 3. The van der Waals surface area contributed by atoms with Crippen molar-refractivity contribution in [3.05, 3.63) is 63.7 Å². The smallest absolute Gasteiger partial charge is 0.126 e. The van der Waals surface area contributed by atoms with Crippen LogP contribution in [0.1, 0.15) is 28.4 Å². The van der Waals surface area contributed by atoms with Crippen LogP contribution in [0.5, 0.6) is 5.75 Å². The minimum absolute atomic E-state index is 0.591. The minimum Gasteiger partial charge on any atom is -0.496 e. The van der Waals surface area contributed by atoms with Gasteiger partial charge in [-0.15, -0.1) is 0 Å². The Labute approximate surface area is 118 Å². The summed E-state index contributed by atoms with van der Waals surface area (Å²) in [7, 11) is 1.57. The van der Waals surface area contributed by atoms with Gasteiger partial charge >= 0.3 is 0 Å². The summed E-state index contributed by atoms with van der Waals surface area (Å²) in [4.78, 5) is 0. The lowest BCUT2D eigenvalue weighted by molar-refractivity contribution is 0.214. The summed E-state index contributed by atoms with van der Waals surface area (Å²) in [6, 6.07) is 11.3. The number of aryl methyl sites for hydroxylation is 2. The molecule has 3 heteroatoms. The maximum absolute atomic E-state index is 10.5. The third kappa shape index (κ3) is 3.09. The Balaban J connectivity index is 2.46. The fourth-order valence-corrected chi connectivity index (χ4v) is 2.42. The fraction of sp³-hybridized carbons (Fsp3) is 0.250. The molecule has 2 nitrogen and oxygen atoms in total. The molecular weight excluding hydrogens is 260 g/mol. The van der Waals surface area contributed by atoms with E-state index in [-0.39, 0.29) is 0 Å². The Kier molecular flexibility index (Phi) is 4.13. The van der Waals surface area contributed by atoms with Crippen LogP contribution in [0.2, 0.25) is 5.02 Å². The van der Waals surface area contributed by atoms with E-state index in [1.54, 1.807) is 25.3 Å². The predicted octanol–water partition coefficient (Wildman–Crippen LogP) is 4.05. The van der Waals surface area contributed by atoms with Crippen molar-refractivity contribution < 1.29 is 9.84 Å². The average molecular weight is 277 g/mol. The Morgan fingerprint density at radius 2 is 1.68 bits per heavy atom. The molecule has 2 aromatic rings. The van der Waals surface area contributed by atoms with Crippen LogP contribution in [-0.4, -0.2) is 12.2 Å². The molecule has 0 saturated carbocycles. The molecule has 1 N–H and O–H groups in total. The van der Waals surface area contributed by atoms with Crippen LogP contribution in [-0.2, 0) is 0 Å². The molecule has 0 heterocycles. The number of hydrogen-bond donors (Lipinski definition) is 1. The van der Waals surface area contributed by atoms with Gasteiger partial charge < -0.3 is 9.84 Å². The Morgan fingerprint density at radius 3 is 2.26 bits per heavy atom. The highest BCUT2D eigenvalue weighted by Crippen LogP contribution is 2.32. The first-order valence-electron chi connectivity index (χ1n) is 6.11. The second-order valence-electron chi connectivity index (χ2n) is 4.71. The van der Waals surface area contributed by atoms with Gasteiger partial charge in [0.15, 0.2) is 0 Å². The van der Waals surface area contributed by atoms with E-state index in [0.29, 0.717) is 10.8 Å². The molecule has 0 aliphatic heterocycles. The lowest BCUT2D eigenvalue weighted by atomic mass is 9.97. The van der Waals surface area contributed by atoms with Gasteiger partial charge in [-0.1, -0.05) is 47.0 Å². The molecule has 1 atom stereocenters. The maximum Gasteiger partial charge on any atom is 0.126 e. The minimum atomic E-state index is -0.717. The number of methoxy groups -OCH3 is 1. The van der Waals surface area contributed by atoms with Crippen molar-refractivity contribution in [1.29, 1.82) is 0 Å². The maximum atomic E-state index is 10.5. The van der Waals surface area contributed by atoms with Gasteiger partial charge in [-0.3, -0.25) is 0 Å². The number of benzene rings is 2. The van der Waals surface area contributed by atoms with Gasteiger partial charge in [-0.2, -0.15) is 0 Å². The lowest BCUT2D eigenvalue weighted by Gasteiger charge is -2.16. The van der Waals surface area contributed by atoms with E-state index in [1.807, 2.05) is 26.0 Å². The van der Waals surface area contributed by atoms with E-state index in [0.717, 1.165) is 22.3 Å². The van der Waals surface area contributed by atoms with Crippen LogP contribution < -0.4 is 4.74 Å². The fourth-order valence-electron chi connectivity index (χ4n) is 2.26. The zero-order chi connectivity index (χ0) is 14.0. The monoisotopic (exact) mass is 276 g/mol. The number of halogens is 1. The molecule has 2 rings (SSSR count). The molecule has 0 radical (unpaired) electrons. The zero-order valence-corrected chi connectivity index (χ0v) is 12.0. The van der Waals surface area contributed by atoms with Crippen molar-refractivity contribution in [2.75, 3.05) is 7.11 Å². The Bertz CT molecular complexity index is 573. The first-order valence-corrected chi connectivity index (χ1v) is 6.48. The molecule has 1 unspecified atom stereocenters. The van der Waals surface area contributed by atoms with E-state index >= 15 is 0 Å². The Morgan fingerprint density at radius 1 is 1.05 bits per heavy atom. The third-order valence-electron chi connectivity index (χ3n) is 3.05. The highest BCUT2D eigenvalue weighted by molar-refractivity contribution is 6.30. The zero-order valence-electron chi connectivity index (χ0n) is 11.3. The number of ether oxygens (including phenoxy) is 1. The SMILES string of the molecule is COc1cc(Cl)ccc1C(O)c1cc(C)cc(C)c1. The molecule has 0 spiro atoms. The van der Waals surface area contributed by atoms with Crippen molar-refractivity contribution in [1.82, 2.24) is 0 Å². The second-order valence-corrected chi connectivity index (χ2v) is 5.15. The summed E-state index contributed by atoms with van der Waals surface area (Å²) in [6.07, 6.45) is -0.717. The average Bonchev–Trinajstić information content (AvgIpc) is 2.36. The molecule has 0 aliphatic rings. The van der Waals surface area contributed by atoms with Gasteiger partial charge in [-0.05, 0) is 31.5 Å². The van der Waals surface area contributed by atoms with Crippen molar-refractivity contribution in [3.8, 4) is 5.75 Å². The molecule has 100 valence electrons. The highest BCUT2D eigenvalue weighted by Gasteiger charge is 2.16. The molecule has 0 saturated heterocycles. The van der Waals surface area contributed by atoms with E-state index in [9.17, 15) is 5.11 Å². The van der Waals surface area contributed by atoms with Crippen molar-refractivity contribution in [2.45, 2.75) is 20.0 Å².